The van der Waals surface area contributed by atoms with Crippen molar-refractivity contribution in [1.82, 2.24) is 0 Å². The van der Waals surface area contributed by atoms with Crippen LogP contribution in [0.15, 0.2) is 92.4 Å². The molecule has 0 radical (unpaired) electrons. The van der Waals surface area contributed by atoms with E-state index in [4.69, 9.17) is 9.47 Å². The average Bonchev–Trinajstić information content (AvgIpc) is 2.98. The molecule has 0 aliphatic heterocycles. The highest BCUT2D eigenvalue weighted by Crippen LogP contribution is 2.38. The second kappa shape index (κ2) is 13.6. The van der Waals surface area contributed by atoms with Crippen LogP contribution in [0.25, 0.3) is 11.1 Å². The summed E-state index contributed by atoms with van der Waals surface area (Å²) in [4.78, 5) is 10.3. The molecule has 0 aliphatic carbocycles. The van der Waals surface area contributed by atoms with Crippen LogP contribution in [-0.4, -0.2) is 63.3 Å². The average molecular weight is 799 g/mol. The summed E-state index contributed by atoms with van der Waals surface area (Å²) in [6.45, 7) is 9.94. The van der Waals surface area contributed by atoms with Gasteiger partial charge in [-0.25, -0.2) is 0 Å². The topological polar surface area (TPSA) is 253 Å². The van der Waals surface area contributed by atoms with E-state index in [0.717, 1.165) is 36.4 Å². The molecule has 4 rings (SSSR count). The van der Waals surface area contributed by atoms with Crippen molar-refractivity contribution >= 4 is 46.3 Å². The third kappa shape index (κ3) is 9.41. The van der Waals surface area contributed by atoms with Gasteiger partial charge in [0.15, 0.2) is 5.78 Å². The standard InChI is InChI=1S/C33H34O15S4/c1-32(2,3)23-11-7-21(17-27(23)49(35,36)37)31(34)22-10-13-25(29(18-22)51(41,42)43)47-24-12-8-19(15-28(24)50(38,39)40)20-9-14-26(48-33(4,5)6)30(16-20)52(44,45)46/h7-18H,1-6H3,(H,35,36,37)(H,38,39,40)(H,41,42,43)(H,44,45,46). The number of ketones is 1. The lowest BCUT2D eigenvalue weighted by atomic mass is 9.86. The molecule has 0 bridgehead atoms. The molecular formula is C33H34O15S4. The van der Waals surface area contributed by atoms with E-state index >= 15 is 0 Å². The fourth-order valence-electron chi connectivity index (χ4n) is 4.99. The summed E-state index contributed by atoms with van der Waals surface area (Å²) in [6.07, 6.45) is 0. The summed E-state index contributed by atoms with van der Waals surface area (Å²) in [5.41, 5.74) is -2.06. The van der Waals surface area contributed by atoms with Gasteiger partial charge in [-0.1, -0.05) is 45.0 Å². The molecule has 0 unspecified atom stereocenters. The Morgan fingerprint density at radius 1 is 0.500 bits per heavy atom. The van der Waals surface area contributed by atoms with Crippen molar-refractivity contribution < 1.29 is 66.2 Å². The zero-order chi connectivity index (χ0) is 39.4. The SMILES string of the molecule is CC(C)(C)Oc1ccc(-c2ccc(Oc3ccc(C(=O)c4ccc(C(C)(C)C)c(S(=O)(=O)O)c4)cc3S(=O)(=O)O)c(S(=O)(=O)O)c2)cc1S(=O)(=O)O. The summed E-state index contributed by atoms with van der Waals surface area (Å²) in [5.74, 6) is -2.48. The molecule has 52 heavy (non-hydrogen) atoms. The number of carbonyl (C=O) groups excluding carboxylic acids is 1. The minimum atomic E-state index is -5.20. The number of hydrogen-bond acceptors (Lipinski definition) is 11. The fourth-order valence-corrected chi connectivity index (χ4v) is 7.84. The van der Waals surface area contributed by atoms with E-state index in [1.807, 2.05) is 0 Å². The summed E-state index contributed by atoms with van der Waals surface area (Å²) in [5, 5.41) is 0. The van der Waals surface area contributed by atoms with E-state index in [1.165, 1.54) is 30.3 Å². The Bertz CT molecular complexity index is 2540. The maximum Gasteiger partial charge on any atom is 0.298 e. The first-order chi connectivity index (χ1) is 23.5. The first kappa shape index (κ1) is 40.6. The zero-order valence-corrected chi connectivity index (χ0v) is 31.6. The smallest absolute Gasteiger partial charge is 0.298 e. The van der Waals surface area contributed by atoms with E-state index in [2.05, 4.69) is 0 Å². The zero-order valence-electron chi connectivity index (χ0n) is 28.3. The fraction of sp³-hybridized carbons (Fsp3) is 0.242. The van der Waals surface area contributed by atoms with E-state index in [0.29, 0.717) is 6.07 Å². The first-order valence-electron chi connectivity index (χ1n) is 14.9. The molecule has 0 aromatic heterocycles. The van der Waals surface area contributed by atoms with Crippen molar-refractivity contribution in [3.05, 3.63) is 89.5 Å². The predicted molar refractivity (Wildman–Crippen MR) is 187 cm³/mol. The lowest BCUT2D eigenvalue weighted by molar-refractivity contribution is 0.103. The molecule has 0 heterocycles. The molecule has 0 spiro atoms. The molecule has 19 heteroatoms. The summed E-state index contributed by atoms with van der Waals surface area (Å²) in [7, 11) is -20.0. The van der Waals surface area contributed by atoms with Crippen LogP contribution in [0.2, 0.25) is 0 Å². The molecule has 15 nitrogen and oxygen atoms in total. The molecule has 4 aromatic rings. The molecular weight excluding hydrogens is 765 g/mol. The van der Waals surface area contributed by atoms with Crippen molar-refractivity contribution in [1.29, 1.82) is 0 Å². The molecule has 0 atom stereocenters. The van der Waals surface area contributed by atoms with Crippen molar-refractivity contribution in [2.45, 2.75) is 72.1 Å². The lowest BCUT2D eigenvalue weighted by Gasteiger charge is -2.23. The van der Waals surface area contributed by atoms with Crippen molar-refractivity contribution in [3.8, 4) is 28.4 Å². The molecule has 4 aromatic carbocycles. The van der Waals surface area contributed by atoms with E-state index in [-0.39, 0.29) is 33.6 Å². The Hall–Kier alpha value is -4.21. The monoisotopic (exact) mass is 798 g/mol. The Morgan fingerprint density at radius 2 is 0.865 bits per heavy atom. The number of benzene rings is 4. The van der Waals surface area contributed by atoms with Gasteiger partial charge in [-0.3, -0.25) is 23.0 Å². The number of hydrogen-bond donors (Lipinski definition) is 4. The van der Waals surface area contributed by atoms with Crippen molar-refractivity contribution in [2.75, 3.05) is 0 Å². The van der Waals surface area contributed by atoms with Gasteiger partial charge in [0.25, 0.3) is 40.5 Å². The van der Waals surface area contributed by atoms with Crippen LogP contribution in [0.3, 0.4) is 0 Å². The molecule has 4 N–H and O–H groups in total. The highest BCUT2D eigenvalue weighted by Gasteiger charge is 2.29. The van der Waals surface area contributed by atoms with Crippen LogP contribution in [0.5, 0.6) is 17.2 Å². The highest BCUT2D eigenvalue weighted by molar-refractivity contribution is 7.86. The van der Waals surface area contributed by atoms with Crippen LogP contribution in [0.4, 0.5) is 0 Å². The highest BCUT2D eigenvalue weighted by atomic mass is 32.2. The van der Waals surface area contributed by atoms with Gasteiger partial charge in [0.1, 0.15) is 37.5 Å². The Labute approximate surface area is 301 Å². The first-order valence-corrected chi connectivity index (χ1v) is 20.6. The Balaban J connectivity index is 1.81. The Kier molecular flexibility index (Phi) is 10.6. The van der Waals surface area contributed by atoms with Gasteiger partial charge < -0.3 is 9.47 Å². The minimum Gasteiger partial charge on any atom is -0.487 e. The van der Waals surface area contributed by atoms with Crippen molar-refractivity contribution in [3.63, 3.8) is 0 Å². The lowest BCUT2D eigenvalue weighted by Crippen LogP contribution is -2.24. The second-order valence-electron chi connectivity index (χ2n) is 13.5. The minimum absolute atomic E-state index is 0.00938. The van der Waals surface area contributed by atoms with Crippen LogP contribution < -0.4 is 9.47 Å². The van der Waals surface area contributed by atoms with Crippen molar-refractivity contribution in [2.24, 2.45) is 0 Å². The van der Waals surface area contributed by atoms with Gasteiger partial charge in [-0.2, -0.15) is 33.7 Å². The van der Waals surface area contributed by atoms with Crippen LogP contribution in [0.1, 0.15) is 63.0 Å². The number of rotatable bonds is 10. The largest absolute Gasteiger partial charge is 0.487 e. The van der Waals surface area contributed by atoms with E-state index in [1.54, 1.807) is 41.5 Å². The van der Waals surface area contributed by atoms with E-state index < -0.39 is 88.4 Å². The normalized spacial score (nSPS) is 13.1. The van der Waals surface area contributed by atoms with E-state index in [9.17, 15) is 56.7 Å². The third-order valence-electron chi connectivity index (χ3n) is 7.23. The predicted octanol–water partition coefficient (Wildman–Crippen LogP) is 5.84. The number of carbonyl (C=O) groups is 1. The molecule has 0 saturated carbocycles. The number of ether oxygens (including phenoxy) is 2. The quantitative estimate of drug-likeness (QED) is 0.109. The summed E-state index contributed by atoms with van der Waals surface area (Å²) >= 11 is 0. The Morgan fingerprint density at radius 3 is 1.29 bits per heavy atom. The van der Waals surface area contributed by atoms with Crippen LogP contribution >= 0.6 is 0 Å². The molecule has 280 valence electrons. The molecule has 0 saturated heterocycles. The molecule has 0 fully saturated rings. The van der Waals surface area contributed by atoms with Gasteiger partial charge in [0.2, 0.25) is 0 Å². The summed E-state index contributed by atoms with van der Waals surface area (Å²) < 4.78 is 149. The van der Waals surface area contributed by atoms with Gasteiger partial charge in [-0.15, -0.1) is 0 Å². The third-order valence-corrected chi connectivity index (χ3v) is 10.7. The van der Waals surface area contributed by atoms with Gasteiger partial charge in [0, 0.05) is 11.1 Å². The maximum atomic E-state index is 13.4. The van der Waals surface area contributed by atoms with Gasteiger partial charge in [0.05, 0.1) is 4.90 Å². The van der Waals surface area contributed by atoms with Crippen LogP contribution in [0, 0.1) is 0 Å². The molecule has 0 amide bonds. The van der Waals surface area contributed by atoms with Gasteiger partial charge >= 0.3 is 0 Å². The summed E-state index contributed by atoms with van der Waals surface area (Å²) in [6, 6.07) is 12.8. The molecule has 0 aliphatic rings. The van der Waals surface area contributed by atoms with Gasteiger partial charge in [-0.05, 0) is 91.4 Å². The maximum absolute atomic E-state index is 13.4. The van der Waals surface area contributed by atoms with Crippen LogP contribution in [-0.2, 0) is 45.9 Å². The second-order valence-corrected chi connectivity index (χ2v) is 19.1.